The number of nitrogens with one attached hydrogen (secondary N) is 3. The molecule has 0 unspecified atom stereocenters. The lowest BCUT2D eigenvalue weighted by Crippen LogP contribution is -2.25. The van der Waals surface area contributed by atoms with Crippen molar-refractivity contribution in [1.82, 2.24) is 10.3 Å². The Morgan fingerprint density at radius 3 is 2.53 bits per heavy atom. The second kappa shape index (κ2) is 12.0. The summed E-state index contributed by atoms with van der Waals surface area (Å²) in [6.45, 7) is 0.152. The Hall–Kier alpha value is -4.23. The molecule has 8 nitrogen and oxygen atoms in total. The number of carbonyl (C=O) groups is 2. The summed E-state index contributed by atoms with van der Waals surface area (Å²) in [5.74, 6) is -0.512. The third kappa shape index (κ3) is 5.87. The third-order valence-electron chi connectivity index (χ3n) is 5.08. The lowest BCUT2D eigenvalue weighted by molar-refractivity contribution is -0.115. The number of hydrogen-bond donors (Lipinski definition) is 4. The van der Waals surface area contributed by atoms with E-state index in [9.17, 15) is 20.0 Å². The van der Waals surface area contributed by atoms with Crippen LogP contribution in [0.15, 0.2) is 72.1 Å². The van der Waals surface area contributed by atoms with E-state index in [-0.39, 0.29) is 42.0 Å². The fraction of sp³-hybridized carbons (Fsp3) is 0.0769. The van der Waals surface area contributed by atoms with E-state index in [1.807, 2.05) is 0 Å². The van der Waals surface area contributed by atoms with E-state index in [2.05, 4.69) is 27.0 Å². The maximum atomic E-state index is 12.8. The van der Waals surface area contributed by atoms with E-state index in [0.717, 1.165) is 0 Å². The molecule has 0 bridgehead atoms. The highest BCUT2D eigenvalue weighted by molar-refractivity contribution is 7.12. The van der Waals surface area contributed by atoms with Crippen LogP contribution in [0.1, 0.15) is 15.2 Å². The van der Waals surface area contributed by atoms with Crippen LogP contribution in [0.5, 0.6) is 5.75 Å². The largest absolute Gasteiger partial charge is 0.507 e. The third-order valence-corrected chi connectivity index (χ3v) is 5.95. The van der Waals surface area contributed by atoms with Crippen LogP contribution in [0.2, 0.25) is 0 Å². The van der Waals surface area contributed by atoms with Crippen LogP contribution in [0.25, 0.3) is 22.4 Å². The van der Waals surface area contributed by atoms with E-state index in [1.54, 1.807) is 73.1 Å². The molecule has 2 amide bonds. The first-order valence-electron chi connectivity index (χ1n) is 10.6. The minimum Gasteiger partial charge on any atom is -0.507 e. The van der Waals surface area contributed by atoms with Crippen molar-refractivity contribution < 1.29 is 14.7 Å². The van der Waals surface area contributed by atoms with Gasteiger partial charge >= 0.3 is 0 Å². The van der Waals surface area contributed by atoms with Gasteiger partial charge in [-0.1, -0.05) is 30.3 Å². The summed E-state index contributed by atoms with van der Waals surface area (Å²) in [5.41, 5.74) is 2.66. The number of aromatic hydroxyl groups is 1. The van der Waals surface area contributed by atoms with Gasteiger partial charge in [-0.25, -0.2) is 4.98 Å². The molecular weight excluding hydrogens is 498 g/mol. The number of nitriles is 1. The van der Waals surface area contributed by atoms with Gasteiger partial charge in [-0.05, 0) is 54.4 Å². The van der Waals surface area contributed by atoms with Crippen LogP contribution in [-0.2, 0) is 4.79 Å². The number of thiophene rings is 1. The summed E-state index contributed by atoms with van der Waals surface area (Å²) in [6, 6.07) is 21.0. The molecule has 0 spiro atoms. The number of nitrogens with zero attached hydrogens (tertiary/aromatic N) is 2. The van der Waals surface area contributed by atoms with E-state index in [0.29, 0.717) is 32.9 Å². The fourth-order valence-electron chi connectivity index (χ4n) is 3.51. The van der Waals surface area contributed by atoms with Crippen molar-refractivity contribution in [3.63, 3.8) is 0 Å². The second-order valence-corrected chi connectivity index (χ2v) is 8.45. The van der Waals surface area contributed by atoms with Gasteiger partial charge in [-0.3, -0.25) is 9.59 Å². The SMILES string of the molecule is CNCC(=O)Nc1cccc(-c2cc(-c3ccccc3O)nc(NC(=O)c3cccs3)c2C#N)c1.Cl. The molecule has 2 heterocycles. The zero-order valence-electron chi connectivity index (χ0n) is 19.1. The number of aromatic nitrogens is 1. The Labute approximate surface area is 218 Å². The van der Waals surface area contributed by atoms with Crippen molar-refractivity contribution in [2.24, 2.45) is 0 Å². The molecule has 0 radical (unpaired) electrons. The number of para-hydroxylation sites is 1. The monoisotopic (exact) mass is 519 g/mol. The molecule has 0 aliphatic carbocycles. The zero-order valence-corrected chi connectivity index (χ0v) is 20.7. The molecule has 4 aromatic rings. The molecule has 2 aromatic heterocycles. The van der Waals surface area contributed by atoms with Crippen molar-refractivity contribution in [2.75, 3.05) is 24.2 Å². The molecule has 10 heteroatoms. The number of rotatable bonds is 7. The summed E-state index contributed by atoms with van der Waals surface area (Å²) in [5, 5.41) is 30.6. The molecule has 0 saturated carbocycles. The molecule has 0 fully saturated rings. The predicted octanol–water partition coefficient (Wildman–Crippen LogP) is 4.89. The van der Waals surface area contributed by atoms with E-state index in [4.69, 9.17) is 0 Å². The number of carbonyl (C=O) groups excluding carboxylic acids is 2. The highest BCUT2D eigenvalue weighted by Gasteiger charge is 2.19. The Morgan fingerprint density at radius 1 is 1.03 bits per heavy atom. The first-order chi connectivity index (χ1) is 17.0. The predicted molar refractivity (Wildman–Crippen MR) is 144 cm³/mol. The summed E-state index contributed by atoms with van der Waals surface area (Å²) < 4.78 is 0. The molecule has 4 N–H and O–H groups in total. The molecule has 2 aromatic carbocycles. The first kappa shape index (κ1) is 26.4. The number of amides is 2. The van der Waals surface area contributed by atoms with Gasteiger partial charge < -0.3 is 21.1 Å². The van der Waals surface area contributed by atoms with E-state index in [1.165, 1.54) is 17.4 Å². The Morgan fingerprint density at radius 2 is 1.83 bits per heavy atom. The van der Waals surface area contributed by atoms with Gasteiger partial charge in [0.2, 0.25) is 5.91 Å². The van der Waals surface area contributed by atoms with E-state index >= 15 is 0 Å². The van der Waals surface area contributed by atoms with Crippen molar-refractivity contribution >= 4 is 47.1 Å². The number of likely N-dealkylation sites (N-methyl/N-ethyl adjacent to an activating group) is 1. The molecule has 0 aliphatic rings. The molecule has 0 aliphatic heterocycles. The van der Waals surface area contributed by atoms with Crippen LogP contribution in [0, 0.1) is 11.3 Å². The number of hydrogen-bond acceptors (Lipinski definition) is 7. The number of phenols is 1. The maximum absolute atomic E-state index is 12.8. The van der Waals surface area contributed by atoms with E-state index < -0.39 is 5.91 Å². The minimum absolute atomic E-state index is 0. The fourth-order valence-corrected chi connectivity index (χ4v) is 4.13. The van der Waals surface area contributed by atoms with Crippen molar-refractivity contribution in [2.45, 2.75) is 0 Å². The molecule has 36 heavy (non-hydrogen) atoms. The Bertz CT molecular complexity index is 1430. The number of halogens is 1. The van der Waals surface area contributed by atoms with Crippen molar-refractivity contribution in [3.05, 3.63) is 82.6 Å². The quantitative estimate of drug-likeness (QED) is 0.275. The normalized spacial score (nSPS) is 10.1. The molecule has 0 atom stereocenters. The average Bonchev–Trinajstić information content (AvgIpc) is 3.39. The Balaban J connectivity index is 0.00000361. The van der Waals surface area contributed by atoms with Gasteiger partial charge in [0, 0.05) is 16.8 Å². The smallest absolute Gasteiger partial charge is 0.266 e. The second-order valence-electron chi connectivity index (χ2n) is 7.50. The number of pyridine rings is 1. The Kier molecular flexibility index (Phi) is 8.76. The summed E-state index contributed by atoms with van der Waals surface area (Å²) >= 11 is 1.27. The van der Waals surface area contributed by atoms with Crippen molar-refractivity contribution in [3.8, 4) is 34.2 Å². The summed E-state index contributed by atoms with van der Waals surface area (Å²) in [6.07, 6.45) is 0. The number of anilines is 2. The lowest BCUT2D eigenvalue weighted by Gasteiger charge is -2.15. The highest BCUT2D eigenvalue weighted by atomic mass is 35.5. The standard InChI is InChI=1S/C26H21N5O3S.ClH/c1-28-15-24(33)29-17-7-4-6-16(12-17)19-13-21(18-8-2-3-9-22(18)32)30-25(20(19)14-27)31-26(34)23-10-5-11-35-23;/h2-13,28,32H,15H2,1H3,(H,29,33)(H,30,31,34);1H. The summed E-state index contributed by atoms with van der Waals surface area (Å²) in [4.78, 5) is 29.8. The van der Waals surface area contributed by atoms with Gasteiger partial charge in [0.25, 0.3) is 5.91 Å². The lowest BCUT2D eigenvalue weighted by atomic mass is 9.97. The minimum atomic E-state index is -0.391. The van der Waals surface area contributed by atoms with Gasteiger partial charge in [-0.2, -0.15) is 5.26 Å². The molecular formula is C26H22ClN5O3S. The number of phenolic OH excluding ortho intramolecular Hbond substituents is 1. The van der Waals surface area contributed by atoms with Gasteiger partial charge in [0.1, 0.15) is 17.4 Å². The van der Waals surface area contributed by atoms with Crippen LogP contribution in [-0.4, -0.2) is 35.5 Å². The molecule has 4 rings (SSSR count). The topological polar surface area (TPSA) is 127 Å². The van der Waals surface area contributed by atoms with Crippen LogP contribution < -0.4 is 16.0 Å². The van der Waals surface area contributed by atoms with Crippen LogP contribution >= 0.6 is 23.7 Å². The van der Waals surface area contributed by atoms with Crippen molar-refractivity contribution in [1.29, 1.82) is 5.26 Å². The highest BCUT2D eigenvalue weighted by Crippen LogP contribution is 2.36. The maximum Gasteiger partial charge on any atom is 0.266 e. The number of benzene rings is 2. The van der Waals surface area contributed by atoms with Gasteiger partial charge in [-0.15, -0.1) is 23.7 Å². The molecule has 182 valence electrons. The zero-order chi connectivity index (χ0) is 24.8. The van der Waals surface area contributed by atoms with Gasteiger partial charge in [0.05, 0.1) is 17.1 Å². The summed E-state index contributed by atoms with van der Waals surface area (Å²) in [7, 11) is 1.68. The van der Waals surface area contributed by atoms with Crippen LogP contribution in [0.4, 0.5) is 11.5 Å². The van der Waals surface area contributed by atoms with Gasteiger partial charge in [0.15, 0.2) is 5.82 Å². The average molecular weight is 520 g/mol. The first-order valence-corrected chi connectivity index (χ1v) is 11.5. The van der Waals surface area contributed by atoms with Crippen LogP contribution in [0.3, 0.4) is 0 Å². The molecule has 0 saturated heterocycles.